The van der Waals surface area contributed by atoms with Gasteiger partial charge in [-0.25, -0.2) is 4.98 Å². The van der Waals surface area contributed by atoms with E-state index in [0.29, 0.717) is 6.61 Å². The van der Waals surface area contributed by atoms with Crippen LogP contribution < -0.4 is 5.32 Å². The Kier molecular flexibility index (Phi) is 6.30. The number of nitrogens with zero attached hydrogens (tertiary/aromatic N) is 1. The van der Waals surface area contributed by atoms with Crippen LogP contribution in [0.2, 0.25) is 0 Å². The number of rotatable bonds is 7. The lowest BCUT2D eigenvalue weighted by Crippen LogP contribution is -2.12. The van der Waals surface area contributed by atoms with Crippen LogP contribution in [-0.4, -0.2) is 24.1 Å². The largest absolute Gasteiger partial charge is 0.466 e. The predicted molar refractivity (Wildman–Crippen MR) is 82.1 cm³/mol. The molecule has 0 spiro atoms. The third kappa shape index (κ3) is 5.12. The molecule has 0 aliphatic heterocycles. The van der Waals surface area contributed by atoms with Gasteiger partial charge in [0.25, 0.3) is 0 Å². The third-order valence-electron chi connectivity index (χ3n) is 3.74. The van der Waals surface area contributed by atoms with Gasteiger partial charge in [-0.3, -0.25) is 4.79 Å². The number of anilines is 1. The van der Waals surface area contributed by atoms with Crippen molar-refractivity contribution in [3.05, 3.63) is 11.1 Å². The van der Waals surface area contributed by atoms with Gasteiger partial charge in [-0.2, -0.15) is 0 Å². The molecule has 1 aromatic heterocycles. The van der Waals surface area contributed by atoms with Crippen molar-refractivity contribution in [2.24, 2.45) is 5.92 Å². The van der Waals surface area contributed by atoms with E-state index in [0.717, 1.165) is 23.3 Å². The second kappa shape index (κ2) is 8.25. The molecule has 1 saturated carbocycles. The van der Waals surface area contributed by atoms with Crippen LogP contribution in [0, 0.1) is 5.92 Å². The normalized spacial score (nSPS) is 16.1. The molecule has 112 valence electrons. The lowest BCUT2D eigenvalue weighted by Gasteiger charge is -2.21. The van der Waals surface area contributed by atoms with Crippen LogP contribution in [-0.2, 0) is 16.0 Å². The molecular formula is C15H24N2O2S. The van der Waals surface area contributed by atoms with Gasteiger partial charge in [-0.1, -0.05) is 32.1 Å². The molecule has 1 aliphatic rings. The Morgan fingerprint density at radius 2 is 2.25 bits per heavy atom. The number of hydrogen-bond acceptors (Lipinski definition) is 5. The molecule has 5 heteroatoms. The van der Waals surface area contributed by atoms with Crippen molar-refractivity contribution in [1.29, 1.82) is 0 Å². The van der Waals surface area contributed by atoms with E-state index in [2.05, 4.69) is 10.3 Å². The van der Waals surface area contributed by atoms with Crippen LogP contribution in [0.3, 0.4) is 0 Å². The molecule has 1 fully saturated rings. The number of nitrogens with one attached hydrogen (secondary N) is 1. The van der Waals surface area contributed by atoms with Crippen molar-refractivity contribution in [1.82, 2.24) is 4.98 Å². The van der Waals surface area contributed by atoms with Crippen LogP contribution >= 0.6 is 11.3 Å². The van der Waals surface area contributed by atoms with Gasteiger partial charge in [0, 0.05) is 11.9 Å². The molecular weight excluding hydrogens is 272 g/mol. The highest BCUT2D eigenvalue weighted by molar-refractivity contribution is 7.13. The average molecular weight is 296 g/mol. The van der Waals surface area contributed by atoms with Crippen molar-refractivity contribution in [2.75, 3.05) is 18.5 Å². The lowest BCUT2D eigenvalue weighted by atomic mass is 9.87. The number of esters is 1. The molecule has 1 aromatic rings. The summed E-state index contributed by atoms with van der Waals surface area (Å²) in [4.78, 5) is 15.8. The van der Waals surface area contributed by atoms with E-state index < -0.39 is 0 Å². The quantitative estimate of drug-likeness (QED) is 0.781. The van der Waals surface area contributed by atoms with Gasteiger partial charge < -0.3 is 10.1 Å². The number of aromatic nitrogens is 1. The van der Waals surface area contributed by atoms with Crippen molar-refractivity contribution in [3.8, 4) is 0 Å². The number of carbonyl (C=O) groups excluding carboxylic acids is 1. The van der Waals surface area contributed by atoms with Crippen molar-refractivity contribution >= 4 is 22.4 Å². The van der Waals surface area contributed by atoms with Gasteiger partial charge in [-0.15, -0.1) is 11.3 Å². The second-order valence-corrected chi connectivity index (χ2v) is 6.20. The van der Waals surface area contributed by atoms with Crippen LogP contribution in [0.15, 0.2) is 5.38 Å². The summed E-state index contributed by atoms with van der Waals surface area (Å²) >= 11 is 1.57. The zero-order valence-corrected chi connectivity index (χ0v) is 13.0. The maximum Gasteiger partial charge on any atom is 0.311 e. The minimum atomic E-state index is -0.202. The standard InChI is InChI=1S/C15H24N2O2S/c1-2-19-14(18)10-13-11-20-15(17-13)16-9-8-12-6-4-3-5-7-12/h11-12H,2-10H2,1H3,(H,16,17). The van der Waals surface area contributed by atoms with Crippen LogP contribution in [0.25, 0.3) is 0 Å². The van der Waals surface area contributed by atoms with E-state index in [1.54, 1.807) is 11.3 Å². The van der Waals surface area contributed by atoms with Crippen LogP contribution in [0.1, 0.15) is 51.1 Å². The smallest absolute Gasteiger partial charge is 0.311 e. The fraction of sp³-hybridized carbons (Fsp3) is 0.733. The Bertz CT molecular complexity index is 414. The van der Waals surface area contributed by atoms with Crippen molar-refractivity contribution < 1.29 is 9.53 Å². The maximum atomic E-state index is 11.4. The first-order chi connectivity index (χ1) is 9.78. The molecule has 0 amide bonds. The summed E-state index contributed by atoms with van der Waals surface area (Å²) in [5.74, 6) is 0.682. The Labute approximate surface area is 124 Å². The fourth-order valence-corrected chi connectivity index (χ4v) is 3.43. The van der Waals surface area contributed by atoms with Gasteiger partial charge in [0.15, 0.2) is 5.13 Å². The molecule has 20 heavy (non-hydrogen) atoms. The van der Waals surface area contributed by atoms with E-state index in [-0.39, 0.29) is 12.4 Å². The first-order valence-corrected chi connectivity index (χ1v) is 8.49. The second-order valence-electron chi connectivity index (χ2n) is 5.35. The van der Waals surface area contributed by atoms with E-state index in [4.69, 9.17) is 4.74 Å². The molecule has 2 rings (SSSR count). The van der Waals surface area contributed by atoms with E-state index in [1.807, 2.05) is 12.3 Å². The molecule has 0 bridgehead atoms. The van der Waals surface area contributed by atoms with Gasteiger partial charge in [0.2, 0.25) is 0 Å². The van der Waals surface area contributed by atoms with E-state index in [1.165, 1.54) is 38.5 Å². The number of thiazole rings is 1. The molecule has 0 atom stereocenters. The minimum Gasteiger partial charge on any atom is -0.466 e. The van der Waals surface area contributed by atoms with Gasteiger partial charge >= 0.3 is 5.97 Å². The maximum absolute atomic E-state index is 11.4. The van der Waals surface area contributed by atoms with Crippen LogP contribution in [0.5, 0.6) is 0 Å². The summed E-state index contributed by atoms with van der Waals surface area (Å²) in [7, 11) is 0. The van der Waals surface area contributed by atoms with Crippen molar-refractivity contribution in [2.45, 2.75) is 51.9 Å². The average Bonchev–Trinajstić information content (AvgIpc) is 2.88. The fourth-order valence-electron chi connectivity index (χ4n) is 2.69. The molecule has 0 saturated heterocycles. The predicted octanol–water partition coefficient (Wildman–Crippen LogP) is 3.63. The Morgan fingerprint density at radius 1 is 1.45 bits per heavy atom. The highest BCUT2D eigenvalue weighted by Crippen LogP contribution is 2.26. The van der Waals surface area contributed by atoms with Crippen molar-refractivity contribution in [3.63, 3.8) is 0 Å². The third-order valence-corrected chi connectivity index (χ3v) is 4.58. The molecule has 0 unspecified atom stereocenters. The SMILES string of the molecule is CCOC(=O)Cc1csc(NCCC2CCCCC2)n1. The Hall–Kier alpha value is -1.10. The Balaban J connectivity index is 1.68. The lowest BCUT2D eigenvalue weighted by molar-refractivity contribution is -0.142. The highest BCUT2D eigenvalue weighted by Gasteiger charge is 2.13. The minimum absolute atomic E-state index is 0.202. The summed E-state index contributed by atoms with van der Waals surface area (Å²) in [6.07, 6.45) is 8.47. The molecule has 0 aromatic carbocycles. The summed E-state index contributed by atoms with van der Waals surface area (Å²) in [6, 6.07) is 0. The first kappa shape index (κ1) is 15.3. The first-order valence-electron chi connectivity index (χ1n) is 7.62. The highest BCUT2D eigenvalue weighted by atomic mass is 32.1. The van der Waals surface area contributed by atoms with E-state index in [9.17, 15) is 4.79 Å². The Morgan fingerprint density at radius 3 is 3.00 bits per heavy atom. The molecule has 0 radical (unpaired) electrons. The number of ether oxygens (including phenoxy) is 1. The summed E-state index contributed by atoms with van der Waals surface area (Å²) < 4.78 is 4.92. The summed E-state index contributed by atoms with van der Waals surface area (Å²) in [6.45, 7) is 3.23. The van der Waals surface area contributed by atoms with E-state index >= 15 is 0 Å². The molecule has 4 nitrogen and oxygen atoms in total. The molecule has 1 heterocycles. The monoisotopic (exact) mass is 296 g/mol. The van der Waals surface area contributed by atoms with Gasteiger partial charge in [0.05, 0.1) is 18.7 Å². The summed E-state index contributed by atoms with van der Waals surface area (Å²) in [5, 5.41) is 6.22. The molecule has 1 aliphatic carbocycles. The van der Waals surface area contributed by atoms with Gasteiger partial charge in [-0.05, 0) is 19.3 Å². The molecule has 1 N–H and O–H groups in total. The number of carbonyl (C=O) groups is 1. The zero-order chi connectivity index (χ0) is 14.2. The van der Waals surface area contributed by atoms with Crippen LogP contribution in [0.4, 0.5) is 5.13 Å². The van der Waals surface area contributed by atoms with Gasteiger partial charge in [0.1, 0.15) is 0 Å². The number of hydrogen-bond donors (Lipinski definition) is 1. The topological polar surface area (TPSA) is 51.2 Å². The summed E-state index contributed by atoms with van der Waals surface area (Å²) in [5.41, 5.74) is 0.800. The zero-order valence-electron chi connectivity index (χ0n) is 12.2.